The van der Waals surface area contributed by atoms with E-state index in [2.05, 4.69) is 5.32 Å². The summed E-state index contributed by atoms with van der Waals surface area (Å²) in [4.78, 5) is 13.0. The van der Waals surface area contributed by atoms with Gasteiger partial charge in [-0.1, -0.05) is 23.7 Å². The third kappa shape index (κ3) is 5.33. The molecule has 2 atom stereocenters. The van der Waals surface area contributed by atoms with Gasteiger partial charge in [0.25, 0.3) is 0 Å². The van der Waals surface area contributed by atoms with Gasteiger partial charge in [-0.3, -0.25) is 4.79 Å². The summed E-state index contributed by atoms with van der Waals surface area (Å²) in [6.07, 6.45) is 1.30. The van der Waals surface area contributed by atoms with Crippen LogP contribution in [0.25, 0.3) is 0 Å². The fourth-order valence-corrected chi connectivity index (χ4v) is 5.21. The number of hydrogen-bond acceptors (Lipinski definition) is 4. The van der Waals surface area contributed by atoms with Crippen molar-refractivity contribution in [3.63, 3.8) is 0 Å². The predicted molar refractivity (Wildman–Crippen MR) is 117 cm³/mol. The molecule has 0 aliphatic carbocycles. The van der Waals surface area contributed by atoms with Crippen LogP contribution in [-0.2, 0) is 14.8 Å². The van der Waals surface area contributed by atoms with Gasteiger partial charge in [0.15, 0.2) is 0 Å². The Morgan fingerprint density at radius 1 is 1.20 bits per heavy atom. The zero-order valence-electron chi connectivity index (χ0n) is 17.2. The standard InChI is InChI=1S/C22H27ClN2O4S/c1-3-29-20-10-6-17(7-11-20)16(2)24-22(26)18-5-4-14-25(15-18)30(27,28)21-12-8-19(23)9-13-21/h6-13,16,18H,3-5,14-15H2,1-2H3,(H,24,26). The summed E-state index contributed by atoms with van der Waals surface area (Å²) in [5.41, 5.74) is 0.966. The summed E-state index contributed by atoms with van der Waals surface area (Å²) in [6.45, 7) is 5.02. The summed E-state index contributed by atoms with van der Waals surface area (Å²) in [7, 11) is -3.66. The quantitative estimate of drug-likeness (QED) is 0.691. The number of amides is 1. The van der Waals surface area contributed by atoms with Crippen molar-refractivity contribution in [3.05, 3.63) is 59.1 Å². The molecule has 1 fully saturated rings. The summed E-state index contributed by atoms with van der Waals surface area (Å²) < 4.78 is 32.7. The number of sulfonamides is 1. The lowest BCUT2D eigenvalue weighted by atomic mass is 9.98. The van der Waals surface area contributed by atoms with E-state index in [1.807, 2.05) is 38.1 Å². The lowest BCUT2D eigenvalue weighted by Crippen LogP contribution is -2.45. The molecule has 1 saturated heterocycles. The SMILES string of the molecule is CCOc1ccc(C(C)NC(=O)C2CCCN(S(=O)(=O)c3ccc(Cl)cc3)C2)cc1. The molecule has 8 heteroatoms. The van der Waals surface area contributed by atoms with Crippen LogP contribution in [0.2, 0.25) is 5.02 Å². The molecule has 0 bridgehead atoms. The molecule has 1 amide bonds. The summed E-state index contributed by atoms with van der Waals surface area (Å²) in [5.74, 6) is 0.272. The minimum atomic E-state index is -3.66. The van der Waals surface area contributed by atoms with Crippen molar-refractivity contribution in [1.82, 2.24) is 9.62 Å². The van der Waals surface area contributed by atoms with Gasteiger partial charge in [0.05, 0.1) is 23.5 Å². The maximum atomic E-state index is 12.9. The van der Waals surface area contributed by atoms with Gasteiger partial charge in [-0.2, -0.15) is 4.31 Å². The van der Waals surface area contributed by atoms with E-state index in [4.69, 9.17) is 16.3 Å². The normalized spacial score (nSPS) is 18.6. The monoisotopic (exact) mass is 450 g/mol. The second-order valence-corrected chi connectivity index (χ2v) is 9.76. The van der Waals surface area contributed by atoms with Gasteiger partial charge in [0.2, 0.25) is 15.9 Å². The van der Waals surface area contributed by atoms with Gasteiger partial charge < -0.3 is 10.1 Å². The topological polar surface area (TPSA) is 75.7 Å². The molecule has 0 spiro atoms. The number of benzene rings is 2. The van der Waals surface area contributed by atoms with Crippen molar-refractivity contribution in [2.75, 3.05) is 19.7 Å². The highest BCUT2D eigenvalue weighted by Crippen LogP contribution is 2.26. The van der Waals surface area contributed by atoms with Gasteiger partial charge in [-0.05, 0) is 68.7 Å². The molecule has 1 aliphatic rings. The Hall–Kier alpha value is -2.09. The molecule has 1 heterocycles. The predicted octanol–water partition coefficient (Wildman–Crippen LogP) is 4.02. The Morgan fingerprint density at radius 2 is 1.87 bits per heavy atom. The molecule has 0 aromatic heterocycles. The molecule has 1 aliphatic heterocycles. The van der Waals surface area contributed by atoms with E-state index in [0.29, 0.717) is 31.0 Å². The fraction of sp³-hybridized carbons (Fsp3) is 0.409. The number of rotatable bonds is 7. The first-order chi connectivity index (χ1) is 14.3. The maximum Gasteiger partial charge on any atom is 0.243 e. The molecule has 0 radical (unpaired) electrons. The van der Waals surface area contributed by atoms with Crippen LogP contribution in [0.1, 0.15) is 38.3 Å². The number of ether oxygens (including phenoxy) is 1. The zero-order chi connectivity index (χ0) is 21.7. The highest BCUT2D eigenvalue weighted by Gasteiger charge is 2.33. The van der Waals surface area contributed by atoms with Crippen molar-refractivity contribution in [3.8, 4) is 5.75 Å². The van der Waals surface area contributed by atoms with Crippen molar-refractivity contribution in [1.29, 1.82) is 0 Å². The Bertz CT molecular complexity index is 962. The Balaban J connectivity index is 1.64. The highest BCUT2D eigenvalue weighted by atomic mass is 35.5. The zero-order valence-corrected chi connectivity index (χ0v) is 18.7. The van der Waals surface area contributed by atoms with Crippen LogP contribution in [-0.4, -0.2) is 38.3 Å². The first kappa shape index (κ1) is 22.6. The average Bonchev–Trinajstić information content (AvgIpc) is 2.75. The molecule has 30 heavy (non-hydrogen) atoms. The third-order valence-electron chi connectivity index (χ3n) is 5.26. The van der Waals surface area contributed by atoms with Crippen LogP contribution >= 0.6 is 11.6 Å². The molecule has 2 unspecified atom stereocenters. The van der Waals surface area contributed by atoms with Crippen LogP contribution in [0.5, 0.6) is 5.75 Å². The van der Waals surface area contributed by atoms with Gasteiger partial charge >= 0.3 is 0 Å². The van der Waals surface area contributed by atoms with Crippen molar-refractivity contribution >= 4 is 27.5 Å². The second kappa shape index (κ2) is 9.81. The van der Waals surface area contributed by atoms with Crippen molar-refractivity contribution < 1.29 is 17.9 Å². The molecule has 2 aromatic carbocycles. The minimum Gasteiger partial charge on any atom is -0.494 e. The second-order valence-electron chi connectivity index (χ2n) is 7.39. The lowest BCUT2D eigenvalue weighted by molar-refractivity contribution is -0.126. The number of piperidine rings is 1. The number of nitrogens with one attached hydrogen (secondary N) is 1. The fourth-order valence-electron chi connectivity index (χ4n) is 3.56. The number of halogens is 1. The van der Waals surface area contributed by atoms with Gasteiger partial charge in [0, 0.05) is 18.1 Å². The number of nitrogens with zero attached hydrogens (tertiary/aromatic N) is 1. The van der Waals surface area contributed by atoms with Gasteiger partial charge in [-0.25, -0.2) is 8.42 Å². The molecule has 6 nitrogen and oxygen atoms in total. The Kier molecular flexibility index (Phi) is 7.39. The third-order valence-corrected chi connectivity index (χ3v) is 7.39. The maximum absolute atomic E-state index is 12.9. The number of carbonyl (C=O) groups excluding carboxylic acids is 1. The van der Waals surface area contributed by atoms with E-state index >= 15 is 0 Å². The van der Waals surface area contributed by atoms with Crippen LogP contribution < -0.4 is 10.1 Å². The molecule has 1 N–H and O–H groups in total. The Labute approximate surface area is 183 Å². The summed E-state index contributed by atoms with van der Waals surface area (Å²) >= 11 is 5.87. The first-order valence-corrected chi connectivity index (χ1v) is 11.9. The Morgan fingerprint density at radius 3 is 2.50 bits per heavy atom. The molecule has 162 valence electrons. The van der Waals surface area contributed by atoms with Crippen LogP contribution in [0.3, 0.4) is 0 Å². The summed E-state index contributed by atoms with van der Waals surface area (Å²) in [5, 5.41) is 3.50. The molecule has 3 rings (SSSR count). The van der Waals surface area contributed by atoms with E-state index in [1.54, 1.807) is 12.1 Å². The number of carbonyl (C=O) groups is 1. The van der Waals surface area contributed by atoms with Crippen molar-refractivity contribution in [2.24, 2.45) is 5.92 Å². The van der Waals surface area contributed by atoms with E-state index < -0.39 is 10.0 Å². The molecular formula is C22H27ClN2O4S. The van der Waals surface area contributed by atoms with E-state index in [0.717, 1.165) is 11.3 Å². The van der Waals surface area contributed by atoms with Crippen LogP contribution in [0.15, 0.2) is 53.4 Å². The molecular weight excluding hydrogens is 424 g/mol. The highest BCUT2D eigenvalue weighted by molar-refractivity contribution is 7.89. The molecule has 0 saturated carbocycles. The van der Waals surface area contributed by atoms with E-state index in [1.165, 1.54) is 16.4 Å². The van der Waals surface area contributed by atoms with E-state index in [9.17, 15) is 13.2 Å². The lowest BCUT2D eigenvalue weighted by Gasteiger charge is -2.32. The molecule has 2 aromatic rings. The van der Waals surface area contributed by atoms with Gasteiger partial charge in [-0.15, -0.1) is 0 Å². The van der Waals surface area contributed by atoms with Crippen LogP contribution in [0, 0.1) is 5.92 Å². The largest absolute Gasteiger partial charge is 0.494 e. The first-order valence-electron chi connectivity index (χ1n) is 10.1. The number of hydrogen-bond donors (Lipinski definition) is 1. The average molecular weight is 451 g/mol. The van der Waals surface area contributed by atoms with E-state index in [-0.39, 0.29) is 29.3 Å². The van der Waals surface area contributed by atoms with Crippen molar-refractivity contribution in [2.45, 2.75) is 37.6 Å². The van der Waals surface area contributed by atoms with Crippen LogP contribution in [0.4, 0.5) is 0 Å². The summed E-state index contributed by atoms with van der Waals surface area (Å²) in [6, 6.07) is 13.5. The van der Waals surface area contributed by atoms with Gasteiger partial charge in [0.1, 0.15) is 5.75 Å². The smallest absolute Gasteiger partial charge is 0.243 e. The minimum absolute atomic E-state index is 0.132.